The summed E-state index contributed by atoms with van der Waals surface area (Å²) in [6.45, 7) is 0.632. The fraction of sp³-hybridized carbons (Fsp3) is 0.115. The van der Waals surface area contributed by atoms with Gasteiger partial charge < -0.3 is 20.9 Å². The van der Waals surface area contributed by atoms with Gasteiger partial charge in [-0.2, -0.15) is 4.98 Å². The second-order valence-corrected chi connectivity index (χ2v) is 8.46. The second kappa shape index (κ2) is 10.9. The van der Waals surface area contributed by atoms with Gasteiger partial charge in [0.05, 0.1) is 11.9 Å². The maximum absolute atomic E-state index is 14.5. The lowest BCUT2D eigenvalue weighted by Gasteiger charge is -2.12. The van der Waals surface area contributed by atoms with Crippen LogP contribution in [0.2, 0.25) is 5.02 Å². The van der Waals surface area contributed by atoms with Gasteiger partial charge in [-0.05, 0) is 55.2 Å². The summed E-state index contributed by atoms with van der Waals surface area (Å²) >= 11 is 6.30. The maximum atomic E-state index is 14.5. The van der Waals surface area contributed by atoms with Crippen LogP contribution >= 0.6 is 11.6 Å². The first-order valence-corrected chi connectivity index (χ1v) is 11.2. The van der Waals surface area contributed by atoms with Crippen molar-refractivity contribution in [1.82, 2.24) is 14.9 Å². The van der Waals surface area contributed by atoms with E-state index in [2.05, 4.69) is 25.9 Å². The Kier molecular flexibility index (Phi) is 7.54. The zero-order valence-electron chi connectivity index (χ0n) is 19.2. The van der Waals surface area contributed by atoms with Gasteiger partial charge >= 0.3 is 0 Å². The number of likely N-dealkylation sites (N-methyl/N-ethyl adjacent to an activating group) is 1. The van der Waals surface area contributed by atoms with Crippen LogP contribution in [0.25, 0.3) is 10.8 Å². The number of nitrogens with one attached hydrogen (secondary N) is 3. The molecule has 1 aromatic heterocycles. The zero-order valence-corrected chi connectivity index (χ0v) is 20.0. The predicted octanol–water partition coefficient (Wildman–Crippen LogP) is 5.97. The molecule has 0 saturated carbocycles. The molecule has 0 aliphatic heterocycles. The number of benzene rings is 3. The highest BCUT2D eigenvalue weighted by Gasteiger charge is 2.11. The normalized spacial score (nSPS) is 11.2. The van der Waals surface area contributed by atoms with Crippen molar-refractivity contribution >= 4 is 57.1 Å². The molecule has 0 aliphatic carbocycles. The van der Waals surface area contributed by atoms with E-state index in [4.69, 9.17) is 11.6 Å². The number of fused-ring (bicyclic) bond motifs is 1. The van der Waals surface area contributed by atoms with Crippen molar-refractivity contribution < 1.29 is 9.18 Å². The molecule has 0 spiro atoms. The van der Waals surface area contributed by atoms with Gasteiger partial charge in [-0.15, -0.1) is 0 Å². The summed E-state index contributed by atoms with van der Waals surface area (Å²) in [5.74, 6) is -0.316. The third kappa shape index (κ3) is 6.53. The molecule has 9 heteroatoms. The van der Waals surface area contributed by atoms with Crippen molar-refractivity contribution in [2.75, 3.05) is 36.6 Å². The van der Waals surface area contributed by atoms with Gasteiger partial charge in [0.2, 0.25) is 11.9 Å². The Morgan fingerprint density at radius 1 is 1.03 bits per heavy atom. The number of nitrogens with zero attached hydrogens (tertiary/aromatic N) is 3. The topological polar surface area (TPSA) is 82.2 Å². The van der Waals surface area contributed by atoms with Gasteiger partial charge in [0.15, 0.2) is 5.82 Å². The Morgan fingerprint density at radius 2 is 1.80 bits per heavy atom. The highest BCUT2D eigenvalue weighted by molar-refractivity contribution is 6.32. The molecule has 35 heavy (non-hydrogen) atoms. The third-order valence-electron chi connectivity index (χ3n) is 4.98. The van der Waals surface area contributed by atoms with Crippen LogP contribution in [0.15, 0.2) is 79.0 Å². The maximum Gasteiger partial charge on any atom is 0.248 e. The van der Waals surface area contributed by atoms with E-state index in [0.717, 1.165) is 16.5 Å². The number of carbonyl (C=O) groups is 1. The monoisotopic (exact) mass is 490 g/mol. The van der Waals surface area contributed by atoms with Crippen molar-refractivity contribution in [3.8, 4) is 0 Å². The molecule has 7 nitrogen and oxygen atoms in total. The van der Waals surface area contributed by atoms with E-state index in [0.29, 0.717) is 23.1 Å². The molecular formula is C26H24ClFN6O. The fourth-order valence-electron chi connectivity index (χ4n) is 3.29. The molecule has 0 fully saturated rings. The summed E-state index contributed by atoms with van der Waals surface area (Å²) in [4.78, 5) is 22.6. The quantitative estimate of drug-likeness (QED) is 0.264. The van der Waals surface area contributed by atoms with E-state index < -0.39 is 5.82 Å². The summed E-state index contributed by atoms with van der Waals surface area (Å²) < 4.78 is 14.5. The van der Waals surface area contributed by atoms with E-state index in [1.807, 2.05) is 61.5 Å². The van der Waals surface area contributed by atoms with Crippen LogP contribution in [0.3, 0.4) is 0 Å². The number of carbonyl (C=O) groups excluding carboxylic acids is 1. The average Bonchev–Trinajstić information content (AvgIpc) is 2.83. The van der Waals surface area contributed by atoms with Gasteiger partial charge in [0, 0.05) is 24.0 Å². The molecule has 1 heterocycles. The molecule has 0 atom stereocenters. The highest BCUT2D eigenvalue weighted by Crippen LogP contribution is 2.28. The highest BCUT2D eigenvalue weighted by atomic mass is 35.5. The molecule has 0 saturated heterocycles. The van der Waals surface area contributed by atoms with Gasteiger partial charge in [-0.3, -0.25) is 4.79 Å². The van der Waals surface area contributed by atoms with Crippen molar-refractivity contribution in [1.29, 1.82) is 0 Å². The Balaban J connectivity index is 1.50. The standard InChI is InChI=1S/C26H24ClFN6O/c1-34(2)13-5-8-24(35)30-20-11-12-22(28)23(15-20)32-26-29-16-21(27)25(33-26)31-19-10-9-17-6-3-4-7-18(17)14-19/h3-12,14-16H,13H2,1-2H3,(H,30,35)(H2,29,31,32,33)/b8-5+. The first-order valence-electron chi connectivity index (χ1n) is 10.8. The van der Waals surface area contributed by atoms with Crippen molar-refractivity contribution in [2.24, 2.45) is 0 Å². The van der Waals surface area contributed by atoms with Crippen LogP contribution in [0.5, 0.6) is 0 Å². The van der Waals surface area contributed by atoms with Crippen LogP contribution in [0.4, 0.5) is 33.2 Å². The van der Waals surface area contributed by atoms with Gasteiger partial charge in [-0.25, -0.2) is 9.37 Å². The first kappa shape index (κ1) is 24.1. The van der Waals surface area contributed by atoms with Crippen molar-refractivity contribution in [2.45, 2.75) is 0 Å². The molecule has 0 unspecified atom stereocenters. The summed E-state index contributed by atoms with van der Waals surface area (Å²) in [6, 6.07) is 18.1. The van der Waals surface area contributed by atoms with Gasteiger partial charge in [0.25, 0.3) is 0 Å². The number of anilines is 5. The number of hydrogen-bond donors (Lipinski definition) is 3. The van der Waals surface area contributed by atoms with E-state index >= 15 is 0 Å². The van der Waals surface area contributed by atoms with Crippen molar-refractivity contribution in [3.63, 3.8) is 0 Å². The van der Waals surface area contributed by atoms with Crippen LogP contribution in [0.1, 0.15) is 0 Å². The Hall–Kier alpha value is -4.01. The molecule has 178 valence electrons. The van der Waals surface area contributed by atoms with E-state index in [9.17, 15) is 9.18 Å². The lowest BCUT2D eigenvalue weighted by molar-refractivity contribution is -0.111. The first-order chi connectivity index (χ1) is 16.9. The van der Waals surface area contributed by atoms with E-state index in [-0.39, 0.29) is 17.5 Å². The largest absolute Gasteiger partial charge is 0.339 e. The molecular weight excluding hydrogens is 467 g/mol. The number of aromatic nitrogens is 2. The van der Waals surface area contributed by atoms with Crippen LogP contribution in [-0.2, 0) is 4.79 Å². The fourth-order valence-corrected chi connectivity index (χ4v) is 3.43. The third-order valence-corrected chi connectivity index (χ3v) is 5.25. The summed E-state index contributed by atoms with van der Waals surface area (Å²) in [7, 11) is 3.81. The molecule has 1 amide bonds. The molecule has 3 N–H and O–H groups in total. The Bertz CT molecular complexity index is 1390. The second-order valence-electron chi connectivity index (χ2n) is 8.05. The van der Waals surface area contributed by atoms with Gasteiger partial charge in [0.1, 0.15) is 10.8 Å². The average molecular weight is 491 g/mol. The summed E-state index contributed by atoms with van der Waals surface area (Å²) in [5.41, 5.74) is 1.34. The summed E-state index contributed by atoms with van der Waals surface area (Å²) in [6.07, 6.45) is 4.60. The minimum Gasteiger partial charge on any atom is -0.339 e. The Labute approximate surface area is 207 Å². The predicted molar refractivity (Wildman–Crippen MR) is 140 cm³/mol. The smallest absolute Gasteiger partial charge is 0.248 e. The van der Waals surface area contributed by atoms with Crippen LogP contribution < -0.4 is 16.0 Å². The lowest BCUT2D eigenvalue weighted by atomic mass is 10.1. The minimum absolute atomic E-state index is 0.110. The molecule has 0 radical (unpaired) electrons. The van der Waals surface area contributed by atoms with Crippen LogP contribution in [-0.4, -0.2) is 41.4 Å². The molecule has 0 bridgehead atoms. The van der Waals surface area contributed by atoms with Crippen LogP contribution in [0, 0.1) is 5.82 Å². The summed E-state index contributed by atoms with van der Waals surface area (Å²) in [5, 5.41) is 11.3. The number of amides is 1. The number of rotatable bonds is 8. The zero-order chi connectivity index (χ0) is 24.8. The number of halogens is 2. The molecule has 3 aromatic carbocycles. The lowest BCUT2D eigenvalue weighted by Crippen LogP contribution is -2.13. The van der Waals surface area contributed by atoms with E-state index in [1.54, 1.807) is 6.08 Å². The van der Waals surface area contributed by atoms with Gasteiger partial charge in [-0.1, -0.05) is 48.0 Å². The Morgan fingerprint density at radius 3 is 2.60 bits per heavy atom. The molecule has 4 aromatic rings. The van der Waals surface area contributed by atoms with Crippen molar-refractivity contribution in [3.05, 3.63) is 89.9 Å². The van der Waals surface area contributed by atoms with E-state index in [1.165, 1.54) is 30.5 Å². The molecule has 4 rings (SSSR count). The minimum atomic E-state index is -0.520. The SMILES string of the molecule is CN(C)C/C=C/C(=O)Nc1ccc(F)c(Nc2ncc(Cl)c(Nc3ccc4ccccc4c3)n2)c1. The number of hydrogen-bond acceptors (Lipinski definition) is 6. The molecule has 0 aliphatic rings.